The van der Waals surface area contributed by atoms with Crippen molar-refractivity contribution in [3.63, 3.8) is 0 Å². The predicted molar refractivity (Wildman–Crippen MR) is 50.4 cm³/mol. The summed E-state index contributed by atoms with van der Waals surface area (Å²) in [5.41, 5.74) is -0.118. The third kappa shape index (κ3) is 2.28. The number of nitrogens with zero attached hydrogens (tertiary/aromatic N) is 2. The Balaban J connectivity index is 3.20. The smallest absolute Gasteiger partial charge is 0.157 e. The van der Waals surface area contributed by atoms with E-state index in [2.05, 4.69) is 10.2 Å². The second-order valence-electron chi connectivity index (χ2n) is 3.00. The Morgan fingerprint density at radius 2 is 2.00 bits per heavy atom. The lowest BCUT2D eigenvalue weighted by atomic mass is 10.0. The van der Waals surface area contributed by atoms with Gasteiger partial charge in [-0.25, -0.2) is 5.90 Å². The third-order valence-corrected chi connectivity index (χ3v) is 2.13. The van der Waals surface area contributed by atoms with Crippen LogP contribution < -0.4 is 5.90 Å². The van der Waals surface area contributed by atoms with E-state index >= 15 is 0 Å². The Bertz CT molecular complexity index is 317. The summed E-state index contributed by atoms with van der Waals surface area (Å²) < 4.78 is 0. The summed E-state index contributed by atoms with van der Waals surface area (Å²) in [5, 5.41) is 7.71. The zero-order valence-electron chi connectivity index (χ0n) is 7.21. The van der Waals surface area contributed by atoms with Crippen LogP contribution in [0.3, 0.4) is 0 Å². The fourth-order valence-electron chi connectivity index (χ4n) is 0.839. The second-order valence-corrected chi connectivity index (χ2v) is 3.74. The molecule has 0 radical (unpaired) electrons. The van der Waals surface area contributed by atoms with Crippen LogP contribution in [0.1, 0.15) is 19.4 Å². The van der Waals surface area contributed by atoms with Crippen LogP contribution in [0.2, 0.25) is 10.3 Å². The molecule has 1 aromatic rings. The lowest BCUT2D eigenvalue weighted by Crippen LogP contribution is -2.26. The molecule has 72 valence electrons. The Morgan fingerprint density at radius 3 is 2.54 bits per heavy atom. The summed E-state index contributed by atoms with van der Waals surface area (Å²) in [5.74, 6) is 5.11. The van der Waals surface area contributed by atoms with Gasteiger partial charge in [-0.15, -0.1) is 10.2 Å². The largest absolute Gasteiger partial charge is 0.294 e. The van der Waals surface area contributed by atoms with Crippen LogP contribution in [0.4, 0.5) is 0 Å². The van der Waals surface area contributed by atoms with Gasteiger partial charge in [-0.2, -0.15) is 0 Å². The molecule has 4 nitrogen and oxygen atoms in total. The highest BCUT2D eigenvalue weighted by atomic mass is 35.5. The van der Waals surface area contributed by atoms with Gasteiger partial charge >= 0.3 is 0 Å². The molecule has 0 saturated heterocycles. The Kier molecular flexibility index (Phi) is 3.08. The van der Waals surface area contributed by atoms with Crippen molar-refractivity contribution < 1.29 is 4.84 Å². The van der Waals surface area contributed by atoms with Crippen LogP contribution in [-0.4, -0.2) is 10.2 Å². The lowest BCUT2D eigenvalue weighted by Gasteiger charge is -2.22. The van der Waals surface area contributed by atoms with Crippen LogP contribution in [0, 0.1) is 0 Å². The molecule has 0 amide bonds. The molecule has 1 aromatic heterocycles. The molecule has 1 rings (SSSR count). The SMILES string of the molecule is CC(C)(ON)c1cc(Cl)nnc1Cl. The third-order valence-electron chi connectivity index (χ3n) is 1.66. The number of aromatic nitrogens is 2. The van der Waals surface area contributed by atoms with Gasteiger partial charge in [0.15, 0.2) is 10.3 Å². The van der Waals surface area contributed by atoms with Crippen molar-refractivity contribution >= 4 is 23.2 Å². The minimum Gasteiger partial charge on any atom is -0.294 e. The van der Waals surface area contributed by atoms with E-state index in [9.17, 15) is 0 Å². The first kappa shape index (κ1) is 10.7. The second kappa shape index (κ2) is 3.75. The average Bonchev–Trinajstić information content (AvgIpc) is 2.09. The van der Waals surface area contributed by atoms with E-state index in [1.807, 2.05) is 0 Å². The minimum absolute atomic E-state index is 0.236. The molecule has 0 fully saturated rings. The van der Waals surface area contributed by atoms with Gasteiger partial charge in [-0.1, -0.05) is 23.2 Å². The molecule has 1 heterocycles. The van der Waals surface area contributed by atoms with E-state index in [-0.39, 0.29) is 10.3 Å². The maximum absolute atomic E-state index is 5.79. The molecule has 0 atom stereocenters. The molecular weight excluding hydrogens is 213 g/mol. The molecule has 0 bridgehead atoms. The highest BCUT2D eigenvalue weighted by Gasteiger charge is 2.25. The van der Waals surface area contributed by atoms with Gasteiger partial charge < -0.3 is 0 Å². The normalized spacial score (nSPS) is 11.8. The average molecular weight is 222 g/mol. The van der Waals surface area contributed by atoms with Crippen LogP contribution >= 0.6 is 23.2 Å². The van der Waals surface area contributed by atoms with Crippen LogP contribution in [-0.2, 0) is 10.4 Å². The van der Waals surface area contributed by atoms with Gasteiger partial charge in [-0.05, 0) is 19.9 Å². The van der Waals surface area contributed by atoms with Crippen molar-refractivity contribution in [2.24, 2.45) is 5.90 Å². The molecule has 0 unspecified atom stereocenters. The first-order valence-corrected chi connectivity index (χ1v) is 4.30. The van der Waals surface area contributed by atoms with Gasteiger partial charge in [-0.3, -0.25) is 4.84 Å². The van der Waals surface area contributed by atoms with Gasteiger partial charge in [0.2, 0.25) is 0 Å². The molecule has 0 aliphatic rings. The van der Waals surface area contributed by atoms with Crippen LogP contribution in [0.15, 0.2) is 6.07 Å². The molecular formula is C7H9Cl2N3O. The van der Waals surface area contributed by atoms with Crippen molar-refractivity contribution in [3.05, 3.63) is 21.9 Å². The van der Waals surface area contributed by atoms with E-state index in [1.165, 1.54) is 0 Å². The Labute approximate surface area is 85.9 Å². The predicted octanol–water partition coefficient (Wildman–Crippen LogP) is 1.91. The molecule has 0 saturated carbocycles. The molecule has 0 aliphatic heterocycles. The number of hydrogen-bond donors (Lipinski definition) is 1. The Morgan fingerprint density at radius 1 is 1.38 bits per heavy atom. The number of rotatable bonds is 2. The first-order valence-electron chi connectivity index (χ1n) is 3.54. The van der Waals surface area contributed by atoms with E-state index in [1.54, 1.807) is 19.9 Å². The summed E-state index contributed by atoms with van der Waals surface area (Å²) in [6.45, 7) is 3.51. The van der Waals surface area contributed by atoms with Gasteiger partial charge in [0.25, 0.3) is 0 Å². The fourth-order valence-corrected chi connectivity index (χ4v) is 1.31. The topological polar surface area (TPSA) is 61.0 Å². The first-order chi connectivity index (χ1) is 5.97. The summed E-state index contributed by atoms with van der Waals surface area (Å²) in [4.78, 5) is 4.75. The molecule has 0 spiro atoms. The highest BCUT2D eigenvalue weighted by Crippen LogP contribution is 2.29. The van der Waals surface area contributed by atoms with Gasteiger partial charge in [0.05, 0.1) is 0 Å². The van der Waals surface area contributed by atoms with Crippen molar-refractivity contribution in [2.75, 3.05) is 0 Å². The minimum atomic E-state index is -0.726. The maximum Gasteiger partial charge on any atom is 0.157 e. The summed E-state index contributed by atoms with van der Waals surface area (Å²) >= 11 is 11.4. The number of hydrogen-bond acceptors (Lipinski definition) is 4. The van der Waals surface area contributed by atoms with E-state index in [4.69, 9.17) is 33.9 Å². The number of halogens is 2. The van der Waals surface area contributed by atoms with E-state index < -0.39 is 5.60 Å². The number of nitrogens with two attached hydrogens (primary N) is 1. The monoisotopic (exact) mass is 221 g/mol. The van der Waals surface area contributed by atoms with Crippen LogP contribution in [0.5, 0.6) is 0 Å². The summed E-state index contributed by atoms with van der Waals surface area (Å²) in [6, 6.07) is 1.57. The molecule has 0 aromatic carbocycles. The molecule has 6 heteroatoms. The zero-order chi connectivity index (χ0) is 10.1. The lowest BCUT2D eigenvalue weighted by molar-refractivity contribution is -0.0238. The fraction of sp³-hybridized carbons (Fsp3) is 0.429. The summed E-state index contributed by atoms with van der Waals surface area (Å²) in [6.07, 6.45) is 0. The standard InChI is InChI=1S/C7H9Cl2N3O/c1-7(2,13-10)4-3-5(8)11-12-6(4)9/h3H,10H2,1-2H3. The van der Waals surface area contributed by atoms with Crippen molar-refractivity contribution in [1.29, 1.82) is 0 Å². The van der Waals surface area contributed by atoms with E-state index in [0.717, 1.165) is 0 Å². The van der Waals surface area contributed by atoms with Crippen molar-refractivity contribution in [3.8, 4) is 0 Å². The molecule has 2 N–H and O–H groups in total. The van der Waals surface area contributed by atoms with Crippen molar-refractivity contribution in [2.45, 2.75) is 19.4 Å². The molecule has 13 heavy (non-hydrogen) atoms. The Hall–Kier alpha value is -0.420. The van der Waals surface area contributed by atoms with E-state index in [0.29, 0.717) is 5.56 Å². The maximum atomic E-state index is 5.79. The summed E-state index contributed by atoms with van der Waals surface area (Å²) in [7, 11) is 0. The quantitative estimate of drug-likeness (QED) is 0.776. The van der Waals surface area contributed by atoms with Crippen LogP contribution in [0.25, 0.3) is 0 Å². The van der Waals surface area contributed by atoms with Crippen molar-refractivity contribution in [1.82, 2.24) is 10.2 Å². The molecule has 0 aliphatic carbocycles. The van der Waals surface area contributed by atoms with Gasteiger partial charge in [0.1, 0.15) is 5.60 Å². The zero-order valence-corrected chi connectivity index (χ0v) is 8.73. The van der Waals surface area contributed by atoms with Gasteiger partial charge in [0, 0.05) is 5.56 Å². The highest BCUT2D eigenvalue weighted by molar-refractivity contribution is 6.31.